The molecule has 2 aromatic carbocycles. The van der Waals surface area contributed by atoms with Crippen molar-refractivity contribution in [1.82, 2.24) is 10.2 Å². The third kappa shape index (κ3) is 4.25. The number of carbonyl (C=O) groups is 1. The molecule has 0 atom stereocenters. The summed E-state index contributed by atoms with van der Waals surface area (Å²) in [4.78, 5) is 12.2. The maximum Gasteiger partial charge on any atom is 0.276 e. The Morgan fingerprint density at radius 3 is 2.62 bits per heavy atom. The zero-order valence-electron chi connectivity index (χ0n) is 13.7. The summed E-state index contributed by atoms with van der Waals surface area (Å²) in [6.07, 6.45) is 0. The van der Waals surface area contributed by atoms with Gasteiger partial charge in [-0.25, -0.2) is 4.39 Å². The number of hydrogen-bond donors (Lipinski definition) is 2. The van der Waals surface area contributed by atoms with Gasteiger partial charge in [-0.2, -0.15) is 0 Å². The highest BCUT2D eigenvalue weighted by Crippen LogP contribution is 2.21. The number of hydrogen-bond acceptors (Lipinski definition) is 5. The predicted molar refractivity (Wildman–Crippen MR) is 97.7 cm³/mol. The van der Waals surface area contributed by atoms with Crippen LogP contribution in [0.4, 0.5) is 21.6 Å². The Hall–Kier alpha value is -3.19. The molecule has 1 heterocycles. The van der Waals surface area contributed by atoms with Gasteiger partial charge in [0.1, 0.15) is 11.6 Å². The van der Waals surface area contributed by atoms with E-state index < -0.39 is 11.7 Å². The number of halogens is 2. The summed E-state index contributed by atoms with van der Waals surface area (Å²) in [7, 11) is 1.58. The maximum atomic E-state index is 13.1. The summed E-state index contributed by atoms with van der Waals surface area (Å²) in [5.74, 6) is 0.141. The lowest BCUT2D eigenvalue weighted by molar-refractivity contribution is 0.102. The second kappa shape index (κ2) is 7.79. The molecule has 0 aliphatic heterocycles. The molecule has 0 bridgehead atoms. The van der Waals surface area contributed by atoms with Crippen molar-refractivity contribution in [2.75, 3.05) is 17.7 Å². The van der Waals surface area contributed by atoms with Crippen molar-refractivity contribution in [3.8, 4) is 5.75 Å². The Labute approximate surface area is 154 Å². The molecule has 26 heavy (non-hydrogen) atoms. The van der Waals surface area contributed by atoms with E-state index >= 15 is 0 Å². The Kier molecular flexibility index (Phi) is 5.28. The minimum absolute atomic E-state index is 0.0771. The second-order valence-corrected chi connectivity index (χ2v) is 5.65. The summed E-state index contributed by atoms with van der Waals surface area (Å²) in [6, 6.07) is 14.4. The summed E-state index contributed by atoms with van der Waals surface area (Å²) < 4.78 is 18.3. The summed E-state index contributed by atoms with van der Waals surface area (Å²) in [5.41, 5.74) is 1.25. The van der Waals surface area contributed by atoms with E-state index in [9.17, 15) is 9.18 Å². The van der Waals surface area contributed by atoms with Crippen LogP contribution in [0, 0.1) is 5.82 Å². The zero-order chi connectivity index (χ0) is 18.5. The lowest BCUT2D eigenvalue weighted by atomic mass is 10.3. The molecule has 1 amide bonds. The molecule has 3 aromatic rings. The highest BCUT2D eigenvalue weighted by molar-refractivity contribution is 6.31. The first-order valence-electron chi connectivity index (χ1n) is 7.56. The van der Waals surface area contributed by atoms with Crippen LogP contribution >= 0.6 is 11.6 Å². The van der Waals surface area contributed by atoms with Gasteiger partial charge in [0.2, 0.25) is 0 Å². The van der Waals surface area contributed by atoms with Gasteiger partial charge in [-0.3, -0.25) is 4.79 Å². The van der Waals surface area contributed by atoms with E-state index in [1.807, 2.05) is 18.2 Å². The number of aromatic nitrogens is 2. The number of nitrogens with one attached hydrogen (secondary N) is 2. The average Bonchev–Trinajstić information content (AvgIpc) is 2.65. The van der Waals surface area contributed by atoms with Crippen LogP contribution in [0.2, 0.25) is 5.02 Å². The molecule has 0 spiro atoms. The first-order valence-corrected chi connectivity index (χ1v) is 7.94. The SMILES string of the molecule is COc1cccc(Nc2ccc(C(=O)Nc3ccc(F)c(Cl)c3)nn2)c1. The van der Waals surface area contributed by atoms with Gasteiger partial charge in [0.05, 0.1) is 12.1 Å². The molecule has 0 fully saturated rings. The zero-order valence-corrected chi connectivity index (χ0v) is 14.4. The van der Waals surface area contributed by atoms with E-state index in [0.29, 0.717) is 17.3 Å². The fourth-order valence-electron chi connectivity index (χ4n) is 2.14. The van der Waals surface area contributed by atoms with Crippen molar-refractivity contribution < 1.29 is 13.9 Å². The molecular weight excluding hydrogens is 359 g/mol. The van der Waals surface area contributed by atoms with E-state index in [4.69, 9.17) is 16.3 Å². The first-order chi connectivity index (χ1) is 12.5. The third-order valence-corrected chi connectivity index (χ3v) is 3.71. The van der Waals surface area contributed by atoms with Crippen LogP contribution in [-0.4, -0.2) is 23.2 Å². The van der Waals surface area contributed by atoms with Crippen molar-refractivity contribution in [2.24, 2.45) is 0 Å². The molecule has 0 radical (unpaired) electrons. The van der Waals surface area contributed by atoms with Crippen LogP contribution in [0.15, 0.2) is 54.6 Å². The van der Waals surface area contributed by atoms with Crippen LogP contribution in [0.3, 0.4) is 0 Å². The van der Waals surface area contributed by atoms with E-state index in [-0.39, 0.29) is 10.7 Å². The molecule has 0 saturated carbocycles. The molecule has 2 N–H and O–H groups in total. The number of amides is 1. The van der Waals surface area contributed by atoms with Gasteiger partial charge >= 0.3 is 0 Å². The monoisotopic (exact) mass is 372 g/mol. The molecule has 0 aliphatic carbocycles. The van der Waals surface area contributed by atoms with Crippen molar-refractivity contribution in [2.45, 2.75) is 0 Å². The van der Waals surface area contributed by atoms with Gasteiger partial charge in [0.15, 0.2) is 11.5 Å². The topological polar surface area (TPSA) is 76.1 Å². The van der Waals surface area contributed by atoms with Gasteiger partial charge in [0.25, 0.3) is 5.91 Å². The van der Waals surface area contributed by atoms with Crippen molar-refractivity contribution in [3.05, 3.63) is 71.1 Å². The largest absolute Gasteiger partial charge is 0.497 e. The van der Waals surface area contributed by atoms with E-state index in [1.54, 1.807) is 19.2 Å². The average molecular weight is 373 g/mol. The van der Waals surface area contributed by atoms with Gasteiger partial charge in [0, 0.05) is 17.4 Å². The molecule has 1 aromatic heterocycles. The Bertz CT molecular complexity index is 935. The predicted octanol–water partition coefficient (Wildman–Crippen LogP) is 4.27. The quantitative estimate of drug-likeness (QED) is 0.699. The molecule has 6 nitrogen and oxygen atoms in total. The molecule has 3 rings (SSSR count). The lowest BCUT2D eigenvalue weighted by Crippen LogP contribution is -2.14. The minimum Gasteiger partial charge on any atom is -0.497 e. The first kappa shape index (κ1) is 17.6. The normalized spacial score (nSPS) is 10.3. The Morgan fingerprint density at radius 1 is 1.08 bits per heavy atom. The second-order valence-electron chi connectivity index (χ2n) is 5.24. The number of methoxy groups -OCH3 is 1. The summed E-state index contributed by atoms with van der Waals surface area (Å²) >= 11 is 5.69. The smallest absolute Gasteiger partial charge is 0.276 e. The summed E-state index contributed by atoms with van der Waals surface area (Å²) in [5, 5.41) is 13.4. The van der Waals surface area contributed by atoms with Crippen molar-refractivity contribution in [1.29, 1.82) is 0 Å². The fourth-order valence-corrected chi connectivity index (χ4v) is 2.32. The molecule has 132 valence electrons. The number of rotatable bonds is 5. The summed E-state index contributed by atoms with van der Waals surface area (Å²) in [6.45, 7) is 0. The van der Waals surface area contributed by atoms with Gasteiger partial charge < -0.3 is 15.4 Å². The number of carbonyl (C=O) groups excluding carboxylic acids is 1. The number of benzene rings is 2. The van der Waals surface area contributed by atoms with E-state index in [0.717, 1.165) is 5.69 Å². The van der Waals surface area contributed by atoms with Gasteiger partial charge in [-0.15, -0.1) is 10.2 Å². The van der Waals surface area contributed by atoms with Crippen LogP contribution < -0.4 is 15.4 Å². The van der Waals surface area contributed by atoms with Crippen LogP contribution in [-0.2, 0) is 0 Å². The minimum atomic E-state index is -0.558. The molecule has 0 aliphatic rings. The van der Waals surface area contributed by atoms with Crippen LogP contribution in [0.5, 0.6) is 5.75 Å². The Morgan fingerprint density at radius 2 is 1.92 bits per heavy atom. The maximum absolute atomic E-state index is 13.1. The number of ether oxygens (including phenoxy) is 1. The lowest BCUT2D eigenvalue weighted by Gasteiger charge is -2.08. The molecule has 0 saturated heterocycles. The highest BCUT2D eigenvalue weighted by atomic mass is 35.5. The molecule has 0 unspecified atom stereocenters. The molecule has 8 heteroatoms. The van der Waals surface area contributed by atoms with Crippen LogP contribution in [0.1, 0.15) is 10.5 Å². The highest BCUT2D eigenvalue weighted by Gasteiger charge is 2.10. The van der Waals surface area contributed by atoms with E-state index in [2.05, 4.69) is 20.8 Å². The third-order valence-electron chi connectivity index (χ3n) is 3.42. The molecular formula is C18H14ClFN4O2. The number of anilines is 3. The van der Waals surface area contributed by atoms with Crippen molar-refractivity contribution in [3.63, 3.8) is 0 Å². The van der Waals surface area contributed by atoms with Gasteiger partial charge in [-0.1, -0.05) is 17.7 Å². The standard InChI is InChI=1S/C18H14ClFN4O2/c1-26-13-4-2-3-11(9-13)21-17-8-7-16(23-24-17)18(25)22-12-5-6-15(20)14(19)10-12/h2-10H,1H3,(H,21,24)(H,22,25). The Balaban J connectivity index is 1.68. The van der Waals surface area contributed by atoms with Gasteiger partial charge in [-0.05, 0) is 42.5 Å². The van der Waals surface area contributed by atoms with Crippen molar-refractivity contribution >= 4 is 34.7 Å². The number of nitrogens with zero attached hydrogens (tertiary/aromatic N) is 2. The van der Waals surface area contributed by atoms with Crippen LogP contribution in [0.25, 0.3) is 0 Å². The fraction of sp³-hybridized carbons (Fsp3) is 0.0556. The van der Waals surface area contributed by atoms with E-state index in [1.165, 1.54) is 24.3 Å².